The van der Waals surface area contributed by atoms with Crippen LogP contribution in [0.25, 0.3) is 10.2 Å². The molecule has 0 unspecified atom stereocenters. The van der Waals surface area contributed by atoms with Gasteiger partial charge in [-0.15, -0.1) is 11.3 Å². The molecule has 0 saturated carbocycles. The van der Waals surface area contributed by atoms with Crippen LogP contribution >= 0.6 is 34.7 Å². The summed E-state index contributed by atoms with van der Waals surface area (Å²) in [6, 6.07) is 11.4. The largest absolute Gasteiger partial charge is 0.468 e. The molecule has 0 bridgehead atoms. The number of nitrogens with zero attached hydrogens (tertiary/aromatic N) is 1. The van der Waals surface area contributed by atoms with Crippen LogP contribution in [0, 0.1) is 5.92 Å². The number of halogens is 1. The highest BCUT2D eigenvalue weighted by Crippen LogP contribution is 2.33. The maximum atomic E-state index is 12.8. The molecule has 2 aromatic carbocycles. The summed E-state index contributed by atoms with van der Waals surface area (Å²) in [6.07, 6.45) is 0. The quantitative estimate of drug-likeness (QED) is 0.368. The molecule has 6 nitrogen and oxygen atoms in total. The van der Waals surface area contributed by atoms with Gasteiger partial charge in [-0.25, -0.2) is 13.4 Å². The van der Waals surface area contributed by atoms with E-state index in [9.17, 15) is 13.2 Å². The Labute approximate surface area is 189 Å². The summed E-state index contributed by atoms with van der Waals surface area (Å²) in [5, 5.41) is 0.693. The minimum Gasteiger partial charge on any atom is -0.468 e. The van der Waals surface area contributed by atoms with Gasteiger partial charge in [0.05, 0.1) is 22.2 Å². The molecule has 0 aliphatic heterocycles. The molecule has 30 heavy (non-hydrogen) atoms. The number of esters is 1. The second kappa shape index (κ2) is 9.65. The van der Waals surface area contributed by atoms with Gasteiger partial charge in [-0.3, -0.25) is 4.79 Å². The molecule has 1 heterocycles. The van der Waals surface area contributed by atoms with Crippen LogP contribution in [0.3, 0.4) is 0 Å². The number of thiazole rings is 1. The van der Waals surface area contributed by atoms with Crippen molar-refractivity contribution in [3.63, 3.8) is 0 Å². The first-order valence-electron chi connectivity index (χ1n) is 9.07. The van der Waals surface area contributed by atoms with E-state index in [0.717, 1.165) is 25.9 Å². The van der Waals surface area contributed by atoms with E-state index in [2.05, 4.69) is 9.71 Å². The molecule has 0 radical (unpaired) electrons. The number of carbonyl (C=O) groups excluding carboxylic acids is 1. The molecule has 0 spiro atoms. The summed E-state index contributed by atoms with van der Waals surface area (Å²) in [5.41, 5.74) is 1.85. The maximum absolute atomic E-state index is 12.8. The Kier molecular flexibility index (Phi) is 7.41. The molecule has 160 valence electrons. The lowest BCUT2D eigenvalue weighted by Gasteiger charge is -2.19. The molecule has 0 aliphatic rings. The van der Waals surface area contributed by atoms with E-state index in [-0.39, 0.29) is 10.8 Å². The smallest absolute Gasteiger partial charge is 0.324 e. The maximum Gasteiger partial charge on any atom is 0.324 e. The second-order valence-corrected chi connectivity index (χ2v) is 11.3. The minimum absolute atomic E-state index is 0.0856. The van der Waals surface area contributed by atoms with E-state index in [1.807, 2.05) is 24.3 Å². The number of thioether (sulfide) groups is 1. The number of nitrogens with one attached hydrogen (secondary N) is 1. The first-order chi connectivity index (χ1) is 14.2. The molecule has 3 aromatic rings. The summed E-state index contributed by atoms with van der Waals surface area (Å²) < 4.78 is 34.4. The van der Waals surface area contributed by atoms with Crippen molar-refractivity contribution in [1.82, 2.24) is 9.71 Å². The number of benzene rings is 2. The molecule has 0 saturated heterocycles. The number of sulfonamides is 1. The Bertz CT molecular complexity index is 1140. The van der Waals surface area contributed by atoms with Crippen molar-refractivity contribution in [3.05, 3.63) is 53.1 Å². The number of hydrogen-bond donors (Lipinski definition) is 1. The molecule has 3 rings (SSSR count). The number of rotatable bonds is 8. The first kappa shape index (κ1) is 23.0. The number of aromatic nitrogens is 1. The number of hydrogen-bond acceptors (Lipinski definition) is 7. The van der Waals surface area contributed by atoms with Crippen molar-refractivity contribution < 1.29 is 17.9 Å². The van der Waals surface area contributed by atoms with Gasteiger partial charge in [0, 0.05) is 10.8 Å². The molecule has 1 N–H and O–H groups in total. The number of carbonyl (C=O) groups is 1. The van der Waals surface area contributed by atoms with Gasteiger partial charge in [-0.1, -0.05) is 49.3 Å². The number of ether oxygens (including phenoxy) is 1. The molecular weight excluding hydrogens is 464 g/mol. The van der Waals surface area contributed by atoms with Gasteiger partial charge in [0.2, 0.25) is 10.0 Å². The fourth-order valence-corrected chi connectivity index (χ4v) is 6.28. The van der Waals surface area contributed by atoms with Gasteiger partial charge >= 0.3 is 5.97 Å². The van der Waals surface area contributed by atoms with Crippen LogP contribution in [0.5, 0.6) is 0 Å². The van der Waals surface area contributed by atoms with Crippen LogP contribution in [0.1, 0.15) is 19.4 Å². The fourth-order valence-electron chi connectivity index (χ4n) is 2.66. The van der Waals surface area contributed by atoms with Gasteiger partial charge in [0.1, 0.15) is 6.04 Å². The van der Waals surface area contributed by atoms with Crippen molar-refractivity contribution in [2.45, 2.75) is 34.9 Å². The lowest BCUT2D eigenvalue weighted by atomic mass is 10.1. The Morgan fingerprint density at radius 3 is 2.57 bits per heavy atom. The standard InChI is InChI=1S/C20H21ClN2O4S3/c1-12(2)18(19(24)27-3)23-30(25,26)15-8-9-16-17(10-15)29-20(22-16)28-11-13-4-6-14(21)7-5-13/h4-10,12,18,23H,11H2,1-3H3/t18-/m1/s1. The topological polar surface area (TPSA) is 85.4 Å². The molecule has 0 aliphatic carbocycles. The van der Waals surface area contributed by atoms with Gasteiger partial charge in [0.15, 0.2) is 4.34 Å². The number of methoxy groups -OCH3 is 1. The van der Waals surface area contributed by atoms with Crippen LogP contribution in [0.4, 0.5) is 0 Å². The SMILES string of the molecule is COC(=O)[C@H](NS(=O)(=O)c1ccc2nc(SCc3ccc(Cl)cc3)sc2c1)C(C)C. The molecular formula is C20H21ClN2O4S3. The lowest BCUT2D eigenvalue weighted by Crippen LogP contribution is -2.44. The minimum atomic E-state index is -3.89. The second-order valence-electron chi connectivity index (χ2n) is 6.89. The highest BCUT2D eigenvalue weighted by Gasteiger charge is 2.29. The van der Waals surface area contributed by atoms with Crippen LogP contribution in [-0.4, -0.2) is 32.5 Å². The van der Waals surface area contributed by atoms with E-state index < -0.39 is 22.0 Å². The van der Waals surface area contributed by atoms with Crippen molar-refractivity contribution in [2.24, 2.45) is 5.92 Å². The zero-order valence-corrected chi connectivity index (χ0v) is 19.8. The fraction of sp³-hybridized carbons (Fsp3) is 0.300. The van der Waals surface area contributed by atoms with Crippen LogP contribution in [0.2, 0.25) is 5.02 Å². The predicted octanol–water partition coefficient (Wildman–Crippen LogP) is 4.72. The van der Waals surface area contributed by atoms with Crippen molar-refractivity contribution in [3.8, 4) is 0 Å². The zero-order chi connectivity index (χ0) is 21.9. The van der Waals surface area contributed by atoms with Gasteiger partial charge in [-0.2, -0.15) is 4.72 Å². The van der Waals surface area contributed by atoms with E-state index in [1.165, 1.54) is 24.5 Å². The Morgan fingerprint density at radius 2 is 1.93 bits per heavy atom. The Hall–Kier alpha value is -1.65. The van der Waals surface area contributed by atoms with Crippen LogP contribution in [0.15, 0.2) is 51.7 Å². The Morgan fingerprint density at radius 1 is 1.23 bits per heavy atom. The summed E-state index contributed by atoms with van der Waals surface area (Å²) in [5.74, 6) is -0.137. The monoisotopic (exact) mass is 484 g/mol. The lowest BCUT2D eigenvalue weighted by molar-refractivity contribution is -0.143. The van der Waals surface area contributed by atoms with Crippen molar-refractivity contribution in [1.29, 1.82) is 0 Å². The third-order valence-electron chi connectivity index (χ3n) is 4.33. The molecule has 10 heteroatoms. The molecule has 1 atom stereocenters. The molecule has 0 fully saturated rings. The third-order valence-corrected chi connectivity index (χ3v) is 8.25. The van der Waals surface area contributed by atoms with Gasteiger partial charge in [0.25, 0.3) is 0 Å². The molecule has 0 amide bonds. The van der Waals surface area contributed by atoms with E-state index in [4.69, 9.17) is 16.3 Å². The van der Waals surface area contributed by atoms with Crippen LogP contribution in [-0.2, 0) is 25.3 Å². The van der Waals surface area contributed by atoms with Crippen molar-refractivity contribution in [2.75, 3.05) is 7.11 Å². The Balaban J connectivity index is 1.79. The van der Waals surface area contributed by atoms with Gasteiger partial charge < -0.3 is 4.74 Å². The highest BCUT2D eigenvalue weighted by atomic mass is 35.5. The van der Waals surface area contributed by atoms with Crippen LogP contribution < -0.4 is 4.72 Å². The first-order valence-corrected chi connectivity index (χ1v) is 12.7. The summed E-state index contributed by atoms with van der Waals surface area (Å²) in [4.78, 5) is 16.6. The van der Waals surface area contributed by atoms with Crippen molar-refractivity contribution >= 4 is 60.9 Å². The number of fused-ring (bicyclic) bond motifs is 1. The normalized spacial score (nSPS) is 13.0. The third kappa shape index (κ3) is 5.53. The highest BCUT2D eigenvalue weighted by molar-refractivity contribution is 8.00. The zero-order valence-electron chi connectivity index (χ0n) is 16.6. The summed E-state index contributed by atoms with van der Waals surface area (Å²) in [6.45, 7) is 3.50. The average molecular weight is 485 g/mol. The summed E-state index contributed by atoms with van der Waals surface area (Å²) in [7, 11) is -2.66. The summed E-state index contributed by atoms with van der Waals surface area (Å²) >= 11 is 8.92. The van der Waals surface area contributed by atoms with E-state index >= 15 is 0 Å². The van der Waals surface area contributed by atoms with E-state index in [0.29, 0.717) is 5.02 Å². The van der Waals surface area contributed by atoms with E-state index in [1.54, 1.807) is 37.7 Å². The predicted molar refractivity (Wildman–Crippen MR) is 122 cm³/mol. The van der Waals surface area contributed by atoms with Gasteiger partial charge in [-0.05, 0) is 41.8 Å². The molecule has 1 aromatic heterocycles. The average Bonchev–Trinajstić information content (AvgIpc) is 3.13.